The first kappa shape index (κ1) is 23.4. The van der Waals surface area contributed by atoms with Crippen LogP contribution in [0.1, 0.15) is 18.1 Å². The molecule has 0 radical (unpaired) electrons. The van der Waals surface area contributed by atoms with Gasteiger partial charge < -0.3 is 0 Å². The van der Waals surface area contributed by atoms with Crippen LogP contribution in [0.2, 0.25) is 5.02 Å². The molecule has 3 rings (SSSR count). The number of nitrogens with zero attached hydrogens (tertiary/aromatic N) is 2. The fraction of sp³-hybridized carbons (Fsp3) is 0.130. The van der Waals surface area contributed by atoms with E-state index in [0.717, 1.165) is 9.87 Å². The predicted octanol–water partition coefficient (Wildman–Crippen LogP) is 4.52. The van der Waals surface area contributed by atoms with Crippen molar-refractivity contribution in [1.29, 1.82) is 0 Å². The minimum atomic E-state index is -4.05. The van der Waals surface area contributed by atoms with Gasteiger partial charge in [-0.2, -0.15) is 5.10 Å². The van der Waals surface area contributed by atoms with Gasteiger partial charge in [0.05, 0.1) is 16.3 Å². The third-order valence-electron chi connectivity index (χ3n) is 4.60. The summed E-state index contributed by atoms with van der Waals surface area (Å²) in [6.45, 7) is 2.97. The van der Waals surface area contributed by atoms with Crippen molar-refractivity contribution in [1.82, 2.24) is 5.43 Å². The summed E-state index contributed by atoms with van der Waals surface area (Å²) in [5, 5.41) is 4.33. The molecule has 9 heteroatoms. The van der Waals surface area contributed by atoms with Gasteiger partial charge in [0.1, 0.15) is 12.4 Å². The molecule has 3 aromatic carbocycles. The second-order valence-corrected chi connectivity index (χ2v) is 9.34. The Morgan fingerprint density at radius 1 is 1.06 bits per heavy atom. The normalized spacial score (nSPS) is 11.8. The van der Waals surface area contributed by atoms with Crippen molar-refractivity contribution in [3.8, 4) is 0 Å². The summed E-state index contributed by atoms with van der Waals surface area (Å²) < 4.78 is 40.7. The number of hydrazone groups is 1. The van der Waals surface area contributed by atoms with Gasteiger partial charge >= 0.3 is 0 Å². The van der Waals surface area contributed by atoms with Crippen LogP contribution < -0.4 is 9.73 Å². The van der Waals surface area contributed by atoms with E-state index in [1.807, 2.05) is 6.92 Å². The van der Waals surface area contributed by atoms with Gasteiger partial charge in [-0.25, -0.2) is 18.2 Å². The molecule has 0 unspecified atom stereocenters. The second-order valence-electron chi connectivity index (χ2n) is 7.04. The molecule has 1 N–H and O–H groups in total. The van der Waals surface area contributed by atoms with E-state index < -0.39 is 22.5 Å². The number of carbonyl (C=O) groups excluding carboxylic acids is 1. The quantitative estimate of drug-likeness (QED) is 0.404. The van der Waals surface area contributed by atoms with Crippen molar-refractivity contribution in [3.63, 3.8) is 0 Å². The van der Waals surface area contributed by atoms with Crippen LogP contribution in [0.5, 0.6) is 0 Å². The highest BCUT2D eigenvalue weighted by atomic mass is 35.5. The molecule has 0 fully saturated rings. The number of carbonyl (C=O) groups is 1. The first-order valence-corrected chi connectivity index (χ1v) is 11.4. The average Bonchev–Trinajstić information content (AvgIpc) is 2.76. The number of benzene rings is 3. The number of halogens is 2. The molecule has 0 saturated heterocycles. The van der Waals surface area contributed by atoms with E-state index in [-0.39, 0.29) is 16.4 Å². The first-order valence-electron chi connectivity index (χ1n) is 9.61. The summed E-state index contributed by atoms with van der Waals surface area (Å²) in [6, 6.07) is 18.2. The van der Waals surface area contributed by atoms with E-state index in [1.165, 1.54) is 42.5 Å². The Balaban J connectivity index is 1.87. The Kier molecular flexibility index (Phi) is 7.27. The topological polar surface area (TPSA) is 78.8 Å². The number of nitrogens with one attached hydrogen (secondary N) is 1. The number of rotatable bonds is 7. The van der Waals surface area contributed by atoms with E-state index in [4.69, 9.17) is 11.6 Å². The van der Waals surface area contributed by atoms with Gasteiger partial charge in [-0.3, -0.25) is 9.10 Å². The molecule has 1 amide bonds. The molecule has 0 saturated carbocycles. The van der Waals surface area contributed by atoms with Crippen molar-refractivity contribution in [3.05, 3.63) is 94.8 Å². The van der Waals surface area contributed by atoms with Gasteiger partial charge in [-0.1, -0.05) is 47.5 Å². The lowest BCUT2D eigenvalue weighted by Crippen LogP contribution is -2.39. The molecule has 0 aliphatic carbocycles. The Hall–Kier alpha value is -3.23. The van der Waals surface area contributed by atoms with Gasteiger partial charge in [0.15, 0.2) is 0 Å². The van der Waals surface area contributed by atoms with Gasteiger partial charge in [-0.05, 0) is 61.9 Å². The zero-order valence-electron chi connectivity index (χ0n) is 17.4. The minimum Gasteiger partial charge on any atom is -0.271 e. The predicted molar refractivity (Wildman–Crippen MR) is 124 cm³/mol. The zero-order chi connectivity index (χ0) is 23.3. The van der Waals surface area contributed by atoms with Crippen LogP contribution in [0.25, 0.3) is 0 Å². The molecule has 0 spiro atoms. The molecule has 6 nitrogen and oxygen atoms in total. The molecular formula is C23H21ClFN3O3S. The van der Waals surface area contributed by atoms with E-state index >= 15 is 0 Å². The summed E-state index contributed by atoms with van der Waals surface area (Å²) in [6.07, 6.45) is 0. The maximum Gasteiger partial charge on any atom is 0.264 e. The standard InChI is InChI=1S/C23H21ClFN3O3S/c1-16-6-12-22(13-7-16)32(30,31)28(21-5-3-4-19(24)14-21)15-23(29)27-26-17(2)18-8-10-20(25)11-9-18/h3-14H,15H2,1-2H3,(H,27,29)/b26-17-. The first-order chi connectivity index (χ1) is 15.2. The van der Waals surface area contributed by atoms with Crippen LogP contribution in [0.3, 0.4) is 0 Å². The van der Waals surface area contributed by atoms with Crippen molar-refractivity contribution in [2.24, 2.45) is 5.10 Å². The highest BCUT2D eigenvalue weighted by Gasteiger charge is 2.27. The van der Waals surface area contributed by atoms with Crippen molar-refractivity contribution in [2.45, 2.75) is 18.7 Å². The van der Waals surface area contributed by atoms with Crippen LogP contribution in [0, 0.1) is 12.7 Å². The molecular weight excluding hydrogens is 453 g/mol. The van der Waals surface area contributed by atoms with Crippen LogP contribution in [0.4, 0.5) is 10.1 Å². The van der Waals surface area contributed by atoms with Crippen molar-refractivity contribution < 1.29 is 17.6 Å². The summed E-state index contributed by atoms with van der Waals surface area (Å²) in [5.41, 5.74) is 4.56. The number of hydrogen-bond acceptors (Lipinski definition) is 4. The Labute approximate surface area is 191 Å². The lowest BCUT2D eigenvalue weighted by Gasteiger charge is -2.24. The Morgan fingerprint density at radius 3 is 2.34 bits per heavy atom. The van der Waals surface area contributed by atoms with Crippen LogP contribution in [0.15, 0.2) is 82.8 Å². The molecule has 0 heterocycles. The summed E-state index contributed by atoms with van der Waals surface area (Å²) in [4.78, 5) is 12.7. The highest BCUT2D eigenvalue weighted by molar-refractivity contribution is 7.92. The fourth-order valence-electron chi connectivity index (χ4n) is 2.85. The SMILES string of the molecule is C/C(=N/NC(=O)CN(c1cccc(Cl)c1)S(=O)(=O)c1ccc(C)cc1)c1ccc(F)cc1. The number of sulfonamides is 1. The second kappa shape index (κ2) is 9.93. The molecule has 0 aromatic heterocycles. The molecule has 0 atom stereocenters. The minimum absolute atomic E-state index is 0.0434. The molecule has 0 aliphatic rings. The molecule has 0 bridgehead atoms. The maximum atomic E-state index is 13.3. The van der Waals surface area contributed by atoms with Gasteiger partial charge in [0.25, 0.3) is 15.9 Å². The lowest BCUT2D eigenvalue weighted by molar-refractivity contribution is -0.119. The van der Waals surface area contributed by atoms with Crippen LogP contribution in [-0.4, -0.2) is 26.6 Å². The number of anilines is 1. The zero-order valence-corrected chi connectivity index (χ0v) is 19.0. The third-order valence-corrected chi connectivity index (χ3v) is 6.63. The third kappa shape index (κ3) is 5.72. The van der Waals surface area contributed by atoms with Gasteiger partial charge in [0.2, 0.25) is 0 Å². The monoisotopic (exact) mass is 473 g/mol. The average molecular weight is 474 g/mol. The molecule has 0 aliphatic heterocycles. The number of aryl methyl sites for hydroxylation is 1. The molecule has 166 valence electrons. The van der Waals surface area contributed by atoms with E-state index in [0.29, 0.717) is 16.3 Å². The fourth-order valence-corrected chi connectivity index (χ4v) is 4.45. The Morgan fingerprint density at radius 2 is 1.72 bits per heavy atom. The van der Waals surface area contributed by atoms with Gasteiger partial charge in [0, 0.05) is 5.02 Å². The molecule has 32 heavy (non-hydrogen) atoms. The number of hydrogen-bond donors (Lipinski definition) is 1. The molecule has 3 aromatic rings. The lowest BCUT2D eigenvalue weighted by atomic mass is 10.1. The van der Waals surface area contributed by atoms with E-state index in [1.54, 1.807) is 37.3 Å². The summed E-state index contributed by atoms with van der Waals surface area (Å²) in [7, 11) is -4.05. The summed E-state index contributed by atoms with van der Waals surface area (Å²) >= 11 is 6.05. The van der Waals surface area contributed by atoms with Gasteiger partial charge in [-0.15, -0.1) is 0 Å². The largest absolute Gasteiger partial charge is 0.271 e. The van der Waals surface area contributed by atoms with E-state index in [2.05, 4.69) is 10.5 Å². The number of amides is 1. The Bertz CT molecular complexity index is 1240. The van der Waals surface area contributed by atoms with E-state index in [9.17, 15) is 17.6 Å². The van der Waals surface area contributed by atoms with Crippen molar-refractivity contribution >= 4 is 38.9 Å². The summed E-state index contributed by atoms with van der Waals surface area (Å²) in [5.74, 6) is -1.04. The van der Waals surface area contributed by atoms with Crippen LogP contribution in [-0.2, 0) is 14.8 Å². The highest BCUT2D eigenvalue weighted by Crippen LogP contribution is 2.26. The maximum absolute atomic E-state index is 13.3. The van der Waals surface area contributed by atoms with Crippen molar-refractivity contribution in [2.75, 3.05) is 10.8 Å². The smallest absolute Gasteiger partial charge is 0.264 e. The van der Waals surface area contributed by atoms with Crippen LogP contribution >= 0.6 is 11.6 Å².